The van der Waals surface area contributed by atoms with Gasteiger partial charge in [0.2, 0.25) is 0 Å². The molecule has 1 rings (SSSR count). The van der Waals surface area contributed by atoms with E-state index in [9.17, 15) is 4.79 Å². The Balaban J connectivity index is 2.70. The third-order valence-corrected chi connectivity index (χ3v) is 2.59. The van der Waals surface area contributed by atoms with Crippen LogP contribution in [0.4, 0.5) is 5.69 Å². The molecule has 2 N–H and O–H groups in total. The first-order chi connectivity index (χ1) is 9.04. The van der Waals surface area contributed by atoms with Gasteiger partial charge in [-0.15, -0.1) is 0 Å². The van der Waals surface area contributed by atoms with Crippen molar-refractivity contribution >= 4 is 23.2 Å². The van der Waals surface area contributed by atoms with Crippen molar-refractivity contribution in [1.82, 2.24) is 5.32 Å². The van der Waals surface area contributed by atoms with Crippen LogP contribution in [0.2, 0.25) is 5.02 Å². The standard InChI is InChI=1S/C14H16ClN3O/c1-10(2)8-17-9-11(7-16)14(19)18-13-6-4-3-5-12(13)15/h3-6,9-10,17H,8H2,1-2H3,(H,18,19)/b11-9-. The van der Waals surface area contributed by atoms with E-state index >= 15 is 0 Å². The van der Waals surface area contributed by atoms with Crippen molar-refractivity contribution in [1.29, 1.82) is 5.26 Å². The number of nitrogens with zero attached hydrogens (tertiary/aromatic N) is 1. The Morgan fingerprint density at radius 2 is 2.16 bits per heavy atom. The van der Waals surface area contributed by atoms with Gasteiger partial charge in [0.25, 0.3) is 5.91 Å². The van der Waals surface area contributed by atoms with E-state index in [2.05, 4.69) is 10.6 Å². The second-order valence-electron chi connectivity index (χ2n) is 4.41. The number of hydrogen-bond acceptors (Lipinski definition) is 3. The Labute approximate surface area is 118 Å². The van der Waals surface area contributed by atoms with Crippen molar-refractivity contribution in [3.05, 3.63) is 41.1 Å². The van der Waals surface area contributed by atoms with Crippen LogP contribution in [0.1, 0.15) is 13.8 Å². The summed E-state index contributed by atoms with van der Waals surface area (Å²) in [5.74, 6) is -0.0466. The van der Waals surface area contributed by atoms with E-state index in [1.807, 2.05) is 19.9 Å². The van der Waals surface area contributed by atoms with Crippen molar-refractivity contribution in [3.63, 3.8) is 0 Å². The maximum atomic E-state index is 11.9. The summed E-state index contributed by atoms with van der Waals surface area (Å²) in [7, 11) is 0. The average Bonchev–Trinajstić information content (AvgIpc) is 2.37. The SMILES string of the molecule is CC(C)CN/C=C(/C#N)C(=O)Nc1ccccc1Cl. The number of amides is 1. The highest BCUT2D eigenvalue weighted by Gasteiger charge is 2.10. The van der Waals surface area contributed by atoms with Crippen molar-refractivity contribution < 1.29 is 4.79 Å². The van der Waals surface area contributed by atoms with Gasteiger partial charge in [-0.25, -0.2) is 0 Å². The fourth-order valence-corrected chi connectivity index (χ4v) is 1.48. The van der Waals surface area contributed by atoms with Crippen LogP contribution in [0.5, 0.6) is 0 Å². The van der Waals surface area contributed by atoms with Crippen LogP contribution in [0, 0.1) is 17.2 Å². The Kier molecular flexibility index (Phi) is 5.91. The molecule has 0 spiro atoms. The van der Waals surface area contributed by atoms with E-state index in [4.69, 9.17) is 16.9 Å². The molecule has 0 saturated carbocycles. The largest absolute Gasteiger partial charge is 0.389 e. The fourth-order valence-electron chi connectivity index (χ4n) is 1.30. The Bertz CT molecular complexity index is 518. The first-order valence-electron chi connectivity index (χ1n) is 5.94. The number of para-hydroxylation sites is 1. The van der Waals surface area contributed by atoms with Gasteiger partial charge < -0.3 is 10.6 Å². The molecule has 0 unspecified atom stereocenters. The van der Waals surface area contributed by atoms with Crippen LogP contribution in [0.3, 0.4) is 0 Å². The average molecular weight is 278 g/mol. The highest BCUT2D eigenvalue weighted by atomic mass is 35.5. The smallest absolute Gasteiger partial charge is 0.267 e. The number of hydrogen-bond donors (Lipinski definition) is 2. The Morgan fingerprint density at radius 3 is 2.74 bits per heavy atom. The van der Waals surface area contributed by atoms with E-state index in [0.29, 0.717) is 23.2 Å². The van der Waals surface area contributed by atoms with Gasteiger partial charge >= 0.3 is 0 Å². The highest BCUT2D eigenvalue weighted by Crippen LogP contribution is 2.20. The summed E-state index contributed by atoms with van der Waals surface area (Å²) in [6.45, 7) is 4.78. The molecule has 0 fully saturated rings. The lowest BCUT2D eigenvalue weighted by molar-refractivity contribution is -0.112. The van der Waals surface area contributed by atoms with E-state index in [0.717, 1.165) is 0 Å². The molecule has 0 aromatic heterocycles. The van der Waals surface area contributed by atoms with Gasteiger partial charge in [0.1, 0.15) is 11.6 Å². The van der Waals surface area contributed by atoms with Gasteiger partial charge in [0, 0.05) is 12.7 Å². The summed E-state index contributed by atoms with van der Waals surface area (Å²) in [4.78, 5) is 11.9. The molecule has 0 bridgehead atoms. The molecule has 4 nitrogen and oxygen atoms in total. The lowest BCUT2D eigenvalue weighted by Crippen LogP contribution is -2.19. The fraction of sp³-hybridized carbons (Fsp3) is 0.286. The summed E-state index contributed by atoms with van der Waals surface area (Å²) in [5.41, 5.74) is 0.500. The lowest BCUT2D eigenvalue weighted by atomic mass is 10.2. The Hall–Kier alpha value is -1.99. The molecule has 5 heteroatoms. The third kappa shape index (κ3) is 5.02. The maximum absolute atomic E-state index is 11.9. The van der Waals surface area contributed by atoms with Crippen molar-refractivity contribution in [2.45, 2.75) is 13.8 Å². The number of nitriles is 1. The zero-order valence-electron chi connectivity index (χ0n) is 10.9. The lowest BCUT2D eigenvalue weighted by Gasteiger charge is -2.07. The summed E-state index contributed by atoms with van der Waals surface area (Å²) < 4.78 is 0. The van der Waals surface area contributed by atoms with Gasteiger partial charge in [0.05, 0.1) is 10.7 Å². The van der Waals surface area contributed by atoms with Crippen LogP contribution in [0.15, 0.2) is 36.0 Å². The van der Waals surface area contributed by atoms with Crippen LogP contribution >= 0.6 is 11.6 Å². The molecule has 19 heavy (non-hydrogen) atoms. The van der Waals surface area contributed by atoms with Gasteiger partial charge in [-0.05, 0) is 18.1 Å². The molecule has 0 atom stereocenters. The molecule has 1 aromatic rings. The second-order valence-corrected chi connectivity index (χ2v) is 4.81. The van der Waals surface area contributed by atoms with Crippen LogP contribution in [0.25, 0.3) is 0 Å². The van der Waals surface area contributed by atoms with Gasteiger partial charge in [-0.2, -0.15) is 5.26 Å². The molecule has 0 heterocycles. The summed E-state index contributed by atoms with van der Waals surface area (Å²) >= 11 is 5.93. The van der Waals surface area contributed by atoms with Gasteiger partial charge in [0.15, 0.2) is 0 Å². The van der Waals surface area contributed by atoms with Crippen molar-refractivity contribution in [2.75, 3.05) is 11.9 Å². The highest BCUT2D eigenvalue weighted by molar-refractivity contribution is 6.33. The van der Waals surface area contributed by atoms with Crippen LogP contribution in [-0.2, 0) is 4.79 Å². The van der Waals surface area contributed by atoms with Crippen LogP contribution < -0.4 is 10.6 Å². The zero-order valence-corrected chi connectivity index (χ0v) is 11.7. The minimum absolute atomic E-state index is 0.0144. The number of carbonyl (C=O) groups is 1. The number of halogens is 1. The molecule has 0 radical (unpaired) electrons. The topological polar surface area (TPSA) is 64.9 Å². The normalized spacial score (nSPS) is 11.0. The molecule has 0 saturated heterocycles. The van der Waals surface area contributed by atoms with Gasteiger partial charge in [-0.3, -0.25) is 4.79 Å². The zero-order chi connectivity index (χ0) is 14.3. The molecule has 0 aliphatic rings. The van der Waals surface area contributed by atoms with Gasteiger partial charge in [-0.1, -0.05) is 37.6 Å². The van der Waals surface area contributed by atoms with E-state index < -0.39 is 5.91 Å². The number of carbonyl (C=O) groups excluding carboxylic acids is 1. The van der Waals surface area contributed by atoms with E-state index in [1.165, 1.54) is 6.20 Å². The first kappa shape index (κ1) is 15.1. The maximum Gasteiger partial charge on any atom is 0.267 e. The van der Waals surface area contributed by atoms with E-state index in [1.54, 1.807) is 24.3 Å². The van der Waals surface area contributed by atoms with Crippen molar-refractivity contribution in [2.24, 2.45) is 5.92 Å². The molecule has 0 aliphatic heterocycles. The minimum atomic E-state index is -0.480. The Morgan fingerprint density at radius 1 is 1.47 bits per heavy atom. The number of benzene rings is 1. The second kappa shape index (κ2) is 7.45. The minimum Gasteiger partial charge on any atom is -0.389 e. The van der Waals surface area contributed by atoms with E-state index in [-0.39, 0.29) is 5.57 Å². The predicted molar refractivity (Wildman–Crippen MR) is 76.6 cm³/mol. The molecule has 1 amide bonds. The van der Waals surface area contributed by atoms with Crippen molar-refractivity contribution in [3.8, 4) is 6.07 Å². The molecule has 1 aromatic carbocycles. The number of rotatable bonds is 5. The molecular formula is C14H16ClN3O. The first-order valence-corrected chi connectivity index (χ1v) is 6.32. The molecule has 100 valence electrons. The number of anilines is 1. The number of nitrogens with one attached hydrogen (secondary N) is 2. The summed E-state index contributed by atoms with van der Waals surface area (Å²) in [6, 6.07) is 8.73. The molecule has 0 aliphatic carbocycles. The third-order valence-electron chi connectivity index (χ3n) is 2.26. The van der Waals surface area contributed by atoms with Crippen LogP contribution in [-0.4, -0.2) is 12.5 Å². The quantitative estimate of drug-likeness (QED) is 0.642. The summed E-state index contributed by atoms with van der Waals surface area (Å²) in [5, 5.41) is 14.9. The summed E-state index contributed by atoms with van der Waals surface area (Å²) in [6.07, 6.45) is 1.42. The monoisotopic (exact) mass is 277 g/mol. The molecular weight excluding hydrogens is 262 g/mol. The predicted octanol–water partition coefficient (Wildman–Crippen LogP) is 2.93.